The van der Waals surface area contributed by atoms with Gasteiger partial charge in [-0.05, 0) is 18.4 Å². The number of aliphatic hydroxyl groups is 1. The molecule has 21 heavy (non-hydrogen) atoms. The van der Waals surface area contributed by atoms with E-state index in [9.17, 15) is 0 Å². The van der Waals surface area contributed by atoms with Crippen LogP contribution in [0, 0.1) is 11.8 Å². The summed E-state index contributed by atoms with van der Waals surface area (Å²) in [6, 6.07) is 12.0. The Morgan fingerprint density at radius 3 is 2.76 bits per heavy atom. The molecule has 0 amide bonds. The molecule has 110 valence electrons. The van der Waals surface area contributed by atoms with Gasteiger partial charge < -0.3 is 14.6 Å². The molecule has 0 spiro atoms. The van der Waals surface area contributed by atoms with Gasteiger partial charge in [0.2, 0.25) is 0 Å². The molecule has 0 saturated heterocycles. The Morgan fingerprint density at radius 1 is 1.19 bits per heavy atom. The Labute approximate surface area is 125 Å². The minimum Gasteiger partial charge on any atom is -0.489 e. The van der Waals surface area contributed by atoms with Gasteiger partial charge in [0, 0.05) is 25.5 Å². The van der Waals surface area contributed by atoms with E-state index in [4.69, 9.17) is 14.6 Å². The van der Waals surface area contributed by atoms with Crippen LogP contribution in [0.15, 0.2) is 36.4 Å². The van der Waals surface area contributed by atoms with Crippen LogP contribution in [0.25, 0.3) is 10.8 Å². The minimum absolute atomic E-state index is 0.0424. The van der Waals surface area contributed by atoms with Crippen LogP contribution in [0.3, 0.4) is 0 Å². The Kier molecular flexibility index (Phi) is 5.62. The van der Waals surface area contributed by atoms with Crippen molar-refractivity contribution >= 4 is 10.8 Å². The zero-order chi connectivity index (χ0) is 15.1. The lowest BCUT2D eigenvalue weighted by Crippen LogP contribution is -2.14. The van der Waals surface area contributed by atoms with Crippen molar-refractivity contribution in [3.05, 3.63) is 42.0 Å². The van der Waals surface area contributed by atoms with Crippen LogP contribution in [-0.4, -0.2) is 31.5 Å². The third-order valence-corrected chi connectivity index (χ3v) is 3.24. The summed E-state index contributed by atoms with van der Waals surface area (Å²) in [6.07, 6.45) is 0.858. The molecule has 0 heterocycles. The highest BCUT2D eigenvalue weighted by Crippen LogP contribution is 2.28. The third kappa shape index (κ3) is 3.98. The maximum atomic E-state index is 8.96. The molecule has 3 heteroatoms. The molecule has 0 saturated carbocycles. The van der Waals surface area contributed by atoms with Crippen LogP contribution < -0.4 is 4.74 Å². The van der Waals surface area contributed by atoms with E-state index in [0.717, 1.165) is 28.5 Å². The first-order chi connectivity index (χ1) is 10.3. The van der Waals surface area contributed by atoms with Gasteiger partial charge in [-0.1, -0.05) is 42.2 Å². The number of rotatable bonds is 5. The molecule has 0 bridgehead atoms. The smallest absolute Gasteiger partial charge is 0.135 e. The third-order valence-electron chi connectivity index (χ3n) is 3.24. The highest BCUT2D eigenvalue weighted by Gasteiger charge is 2.10. The summed E-state index contributed by atoms with van der Waals surface area (Å²) in [4.78, 5) is 0. The maximum absolute atomic E-state index is 8.96. The van der Waals surface area contributed by atoms with Gasteiger partial charge in [0.15, 0.2) is 0 Å². The summed E-state index contributed by atoms with van der Waals surface area (Å²) >= 11 is 0. The van der Waals surface area contributed by atoms with E-state index in [1.54, 1.807) is 7.11 Å². The molecule has 0 aliphatic rings. The van der Waals surface area contributed by atoms with Crippen molar-refractivity contribution in [1.82, 2.24) is 0 Å². The zero-order valence-electron chi connectivity index (χ0n) is 12.4. The molecule has 0 fully saturated rings. The lowest BCUT2D eigenvalue weighted by molar-refractivity contribution is 0.135. The topological polar surface area (TPSA) is 38.7 Å². The molecule has 0 aliphatic carbocycles. The van der Waals surface area contributed by atoms with Crippen LogP contribution in [0.1, 0.15) is 18.9 Å². The fraction of sp³-hybridized carbons (Fsp3) is 0.333. The lowest BCUT2D eigenvalue weighted by Gasteiger charge is -2.16. The standard InChI is InChI=1S/C18H20O3/c1-14(11-13-20-2)21-18-10-9-15-6-3-4-7-16(15)17(18)8-5-12-19/h3-4,6-7,9-10,14,19H,11-13H2,1-2H3. The molecule has 3 nitrogen and oxygen atoms in total. The summed E-state index contributed by atoms with van der Waals surface area (Å²) < 4.78 is 11.1. The van der Waals surface area contributed by atoms with Crippen LogP contribution >= 0.6 is 0 Å². The Morgan fingerprint density at radius 2 is 2.00 bits per heavy atom. The predicted molar refractivity (Wildman–Crippen MR) is 84.5 cm³/mol. The maximum Gasteiger partial charge on any atom is 0.135 e. The average molecular weight is 284 g/mol. The Bertz CT molecular complexity index is 652. The predicted octanol–water partition coefficient (Wildman–Crippen LogP) is 2.99. The van der Waals surface area contributed by atoms with E-state index in [-0.39, 0.29) is 12.7 Å². The highest BCUT2D eigenvalue weighted by atomic mass is 16.5. The molecular weight excluding hydrogens is 264 g/mol. The monoisotopic (exact) mass is 284 g/mol. The van der Waals surface area contributed by atoms with Gasteiger partial charge in [0.25, 0.3) is 0 Å². The van der Waals surface area contributed by atoms with Crippen molar-refractivity contribution in [2.45, 2.75) is 19.4 Å². The van der Waals surface area contributed by atoms with Gasteiger partial charge in [-0.15, -0.1) is 0 Å². The highest BCUT2D eigenvalue weighted by molar-refractivity contribution is 5.90. The number of fused-ring (bicyclic) bond motifs is 1. The number of hydrogen-bond donors (Lipinski definition) is 1. The average Bonchev–Trinajstić information content (AvgIpc) is 2.51. The first-order valence-electron chi connectivity index (χ1n) is 7.03. The second-order valence-electron chi connectivity index (χ2n) is 4.83. The van der Waals surface area contributed by atoms with E-state index in [1.165, 1.54) is 0 Å². The molecule has 1 atom stereocenters. The zero-order valence-corrected chi connectivity index (χ0v) is 12.4. The van der Waals surface area contributed by atoms with Gasteiger partial charge in [-0.2, -0.15) is 0 Å². The van der Waals surface area contributed by atoms with Crippen LogP contribution in [0.2, 0.25) is 0 Å². The summed E-state index contributed by atoms with van der Waals surface area (Å²) in [7, 11) is 1.68. The number of aliphatic hydroxyl groups excluding tert-OH is 1. The first-order valence-corrected chi connectivity index (χ1v) is 7.03. The SMILES string of the molecule is COCCC(C)Oc1ccc2ccccc2c1C#CCO. The van der Waals surface area contributed by atoms with Gasteiger partial charge in [0.1, 0.15) is 12.4 Å². The van der Waals surface area contributed by atoms with Crippen molar-refractivity contribution in [1.29, 1.82) is 0 Å². The van der Waals surface area contributed by atoms with E-state index < -0.39 is 0 Å². The fourth-order valence-corrected chi connectivity index (χ4v) is 2.17. The summed E-state index contributed by atoms with van der Waals surface area (Å²) in [5.41, 5.74) is 0.825. The van der Waals surface area contributed by atoms with E-state index in [0.29, 0.717) is 6.61 Å². The minimum atomic E-state index is -0.165. The first kappa shape index (κ1) is 15.4. The van der Waals surface area contributed by atoms with Gasteiger partial charge in [-0.3, -0.25) is 0 Å². The van der Waals surface area contributed by atoms with Crippen molar-refractivity contribution in [2.24, 2.45) is 0 Å². The molecule has 2 aromatic rings. The number of hydrogen-bond acceptors (Lipinski definition) is 3. The van der Waals surface area contributed by atoms with Crippen molar-refractivity contribution in [2.75, 3.05) is 20.3 Å². The Balaban J connectivity index is 2.37. The quantitative estimate of drug-likeness (QED) is 0.858. The summed E-state index contributed by atoms with van der Waals surface area (Å²) in [5.74, 6) is 6.47. The van der Waals surface area contributed by atoms with Crippen molar-refractivity contribution in [3.63, 3.8) is 0 Å². The summed E-state index contributed by atoms with van der Waals surface area (Å²) in [6.45, 7) is 2.51. The fourth-order valence-electron chi connectivity index (χ4n) is 2.17. The molecule has 0 aromatic heterocycles. The van der Waals surface area contributed by atoms with E-state index >= 15 is 0 Å². The molecule has 2 aromatic carbocycles. The lowest BCUT2D eigenvalue weighted by atomic mass is 10.0. The van der Waals surface area contributed by atoms with Gasteiger partial charge >= 0.3 is 0 Å². The van der Waals surface area contributed by atoms with Crippen LogP contribution in [0.4, 0.5) is 0 Å². The van der Waals surface area contributed by atoms with E-state index in [1.807, 2.05) is 43.3 Å². The van der Waals surface area contributed by atoms with Crippen molar-refractivity contribution in [3.8, 4) is 17.6 Å². The second kappa shape index (κ2) is 7.68. The Hall–Kier alpha value is -2.02. The largest absolute Gasteiger partial charge is 0.489 e. The number of methoxy groups -OCH3 is 1. The molecule has 0 aliphatic heterocycles. The molecule has 1 N–H and O–H groups in total. The van der Waals surface area contributed by atoms with Crippen molar-refractivity contribution < 1.29 is 14.6 Å². The van der Waals surface area contributed by atoms with Gasteiger partial charge in [0.05, 0.1) is 11.7 Å². The molecular formula is C18H20O3. The molecule has 1 unspecified atom stereocenters. The number of ether oxygens (including phenoxy) is 2. The summed E-state index contributed by atoms with van der Waals surface area (Å²) in [5, 5.41) is 11.1. The normalized spacial score (nSPS) is 11.8. The van der Waals surface area contributed by atoms with Gasteiger partial charge in [-0.25, -0.2) is 0 Å². The van der Waals surface area contributed by atoms with Crippen LogP contribution in [-0.2, 0) is 4.74 Å². The molecule has 2 rings (SSSR count). The molecule has 0 radical (unpaired) electrons. The second-order valence-corrected chi connectivity index (χ2v) is 4.83. The number of benzene rings is 2. The van der Waals surface area contributed by atoms with Crippen LogP contribution in [0.5, 0.6) is 5.75 Å². The van der Waals surface area contributed by atoms with E-state index in [2.05, 4.69) is 11.8 Å².